The lowest BCUT2D eigenvalue weighted by Crippen LogP contribution is -2.33. The number of rotatable bonds is 7. The van der Waals surface area contributed by atoms with Crippen molar-refractivity contribution in [2.75, 3.05) is 11.9 Å². The van der Waals surface area contributed by atoms with Crippen molar-refractivity contribution in [2.24, 2.45) is 0 Å². The average Bonchev–Trinajstić information content (AvgIpc) is 2.61. The Morgan fingerprint density at radius 3 is 2.12 bits per heavy atom. The van der Waals surface area contributed by atoms with E-state index in [1.54, 1.807) is 0 Å². The van der Waals surface area contributed by atoms with Crippen molar-refractivity contribution in [1.29, 1.82) is 0 Å². The SMILES string of the molecule is Cc1cccc(C)c1NC(=O)CNC(=O)CCc1ccc(C(C)C)cc1. The van der Waals surface area contributed by atoms with E-state index in [2.05, 4.69) is 48.7 Å². The summed E-state index contributed by atoms with van der Waals surface area (Å²) in [6.07, 6.45) is 1.04. The number of benzene rings is 2. The number of nitrogens with one attached hydrogen (secondary N) is 2. The standard InChI is InChI=1S/C22H28N2O2/c1-15(2)19-11-8-18(9-12-19)10-13-20(25)23-14-21(26)24-22-16(3)6-5-7-17(22)4/h5-9,11-12,15H,10,13-14H2,1-4H3,(H,23,25)(H,24,26). The maximum Gasteiger partial charge on any atom is 0.243 e. The van der Waals surface area contributed by atoms with Gasteiger partial charge < -0.3 is 10.6 Å². The van der Waals surface area contributed by atoms with Crippen molar-refractivity contribution < 1.29 is 9.59 Å². The minimum Gasteiger partial charge on any atom is -0.347 e. The van der Waals surface area contributed by atoms with Crippen molar-refractivity contribution >= 4 is 17.5 Å². The van der Waals surface area contributed by atoms with E-state index in [0.29, 0.717) is 18.8 Å². The molecule has 0 bridgehead atoms. The molecule has 0 saturated heterocycles. The monoisotopic (exact) mass is 352 g/mol. The van der Waals surface area contributed by atoms with E-state index < -0.39 is 0 Å². The highest BCUT2D eigenvalue weighted by atomic mass is 16.2. The molecule has 0 spiro atoms. The molecule has 0 aliphatic heterocycles. The van der Waals surface area contributed by atoms with E-state index in [1.165, 1.54) is 5.56 Å². The topological polar surface area (TPSA) is 58.2 Å². The molecule has 0 radical (unpaired) electrons. The molecular formula is C22H28N2O2. The predicted octanol–water partition coefficient (Wildman–Crippen LogP) is 4.11. The van der Waals surface area contributed by atoms with Crippen LogP contribution >= 0.6 is 0 Å². The molecule has 2 N–H and O–H groups in total. The molecule has 0 aliphatic carbocycles. The van der Waals surface area contributed by atoms with Crippen LogP contribution in [0.1, 0.15) is 48.4 Å². The minimum atomic E-state index is -0.211. The molecule has 2 aromatic carbocycles. The Morgan fingerprint density at radius 2 is 1.54 bits per heavy atom. The Hall–Kier alpha value is -2.62. The van der Waals surface area contributed by atoms with Gasteiger partial charge in [0.25, 0.3) is 0 Å². The first kappa shape index (κ1) is 19.7. The second-order valence-corrected chi connectivity index (χ2v) is 6.99. The van der Waals surface area contributed by atoms with E-state index in [9.17, 15) is 9.59 Å². The third-order valence-corrected chi connectivity index (χ3v) is 4.48. The molecule has 138 valence electrons. The van der Waals surface area contributed by atoms with Gasteiger partial charge in [-0.05, 0) is 48.4 Å². The molecule has 4 nitrogen and oxygen atoms in total. The molecule has 2 amide bonds. The molecular weight excluding hydrogens is 324 g/mol. The van der Waals surface area contributed by atoms with Gasteiger partial charge in [-0.1, -0.05) is 56.3 Å². The van der Waals surface area contributed by atoms with Crippen LogP contribution in [-0.4, -0.2) is 18.4 Å². The quantitative estimate of drug-likeness (QED) is 0.788. The molecule has 26 heavy (non-hydrogen) atoms. The van der Waals surface area contributed by atoms with Crippen LogP contribution in [0.5, 0.6) is 0 Å². The fraction of sp³-hybridized carbons (Fsp3) is 0.364. The van der Waals surface area contributed by atoms with E-state index >= 15 is 0 Å². The zero-order valence-electron chi connectivity index (χ0n) is 16.1. The molecule has 4 heteroatoms. The molecule has 0 aromatic heterocycles. The summed E-state index contributed by atoms with van der Waals surface area (Å²) >= 11 is 0. The summed E-state index contributed by atoms with van der Waals surface area (Å²) in [6.45, 7) is 8.20. The first-order valence-electron chi connectivity index (χ1n) is 9.08. The maximum atomic E-state index is 12.1. The number of hydrogen-bond acceptors (Lipinski definition) is 2. The Balaban J connectivity index is 1.77. The van der Waals surface area contributed by atoms with Crippen molar-refractivity contribution in [3.63, 3.8) is 0 Å². The summed E-state index contributed by atoms with van der Waals surface area (Å²) in [6, 6.07) is 14.2. The molecule has 2 aromatic rings. The highest BCUT2D eigenvalue weighted by molar-refractivity contribution is 5.95. The van der Waals surface area contributed by atoms with Crippen LogP contribution in [-0.2, 0) is 16.0 Å². The number of carbonyl (C=O) groups excluding carboxylic acids is 2. The molecule has 0 aliphatic rings. The summed E-state index contributed by atoms with van der Waals surface area (Å²) in [7, 11) is 0. The predicted molar refractivity (Wildman–Crippen MR) is 106 cm³/mol. The number of aryl methyl sites for hydroxylation is 3. The molecule has 0 atom stereocenters. The first-order chi connectivity index (χ1) is 12.4. The van der Waals surface area contributed by atoms with Crippen LogP contribution < -0.4 is 10.6 Å². The van der Waals surface area contributed by atoms with Crippen molar-refractivity contribution in [1.82, 2.24) is 5.32 Å². The van der Waals surface area contributed by atoms with Crippen molar-refractivity contribution in [3.8, 4) is 0 Å². The number of hydrogen-bond donors (Lipinski definition) is 2. The van der Waals surface area contributed by atoms with Gasteiger partial charge in [-0.25, -0.2) is 0 Å². The third kappa shape index (κ3) is 5.73. The lowest BCUT2D eigenvalue weighted by atomic mass is 10.0. The van der Waals surface area contributed by atoms with Crippen LogP contribution in [0.15, 0.2) is 42.5 Å². The summed E-state index contributed by atoms with van der Waals surface area (Å²) < 4.78 is 0. The van der Waals surface area contributed by atoms with E-state index in [4.69, 9.17) is 0 Å². The van der Waals surface area contributed by atoms with Crippen molar-refractivity contribution in [2.45, 2.75) is 46.5 Å². The average molecular weight is 352 g/mol. The summed E-state index contributed by atoms with van der Waals surface area (Å²) in [4.78, 5) is 24.1. The van der Waals surface area contributed by atoms with E-state index in [1.807, 2.05) is 32.0 Å². The van der Waals surface area contributed by atoms with E-state index in [-0.39, 0.29) is 18.4 Å². The second kappa shape index (κ2) is 9.18. The van der Waals surface area contributed by atoms with Gasteiger partial charge >= 0.3 is 0 Å². The second-order valence-electron chi connectivity index (χ2n) is 6.99. The van der Waals surface area contributed by atoms with Gasteiger partial charge in [0.2, 0.25) is 11.8 Å². The summed E-state index contributed by atoms with van der Waals surface area (Å²) in [5, 5.41) is 5.56. The van der Waals surface area contributed by atoms with Gasteiger partial charge in [0.1, 0.15) is 0 Å². The normalized spacial score (nSPS) is 10.7. The summed E-state index contributed by atoms with van der Waals surface area (Å²) in [5.74, 6) is 0.175. The van der Waals surface area contributed by atoms with Gasteiger partial charge in [-0.15, -0.1) is 0 Å². The van der Waals surface area contributed by atoms with Gasteiger partial charge in [0.15, 0.2) is 0 Å². The number of para-hydroxylation sites is 1. The van der Waals surface area contributed by atoms with Crippen LogP contribution in [0, 0.1) is 13.8 Å². The molecule has 0 saturated carbocycles. The van der Waals surface area contributed by atoms with Crippen LogP contribution in [0.3, 0.4) is 0 Å². The molecule has 0 heterocycles. The fourth-order valence-electron chi connectivity index (χ4n) is 2.79. The lowest BCUT2D eigenvalue weighted by Gasteiger charge is -2.12. The Labute approximate surface area is 156 Å². The van der Waals surface area contributed by atoms with Gasteiger partial charge in [0.05, 0.1) is 6.54 Å². The highest BCUT2D eigenvalue weighted by Crippen LogP contribution is 2.19. The molecule has 0 unspecified atom stereocenters. The summed E-state index contributed by atoms with van der Waals surface area (Å²) in [5.41, 5.74) is 5.26. The first-order valence-corrected chi connectivity index (χ1v) is 9.08. The van der Waals surface area contributed by atoms with Crippen LogP contribution in [0.4, 0.5) is 5.69 Å². The Kier molecular flexibility index (Phi) is 6.96. The largest absolute Gasteiger partial charge is 0.347 e. The van der Waals surface area contributed by atoms with Crippen molar-refractivity contribution in [3.05, 3.63) is 64.7 Å². The number of amides is 2. The van der Waals surface area contributed by atoms with Gasteiger partial charge in [-0.2, -0.15) is 0 Å². The lowest BCUT2D eigenvalue weighted by molar-refractivity contribution is -0.124. The zero-order valence-corrected chi connectivity index (χ0v) is 16.1. The smallest absolute Gasteiger partial charge is 0.243 e. The zero-order chi connectivity index (χ0) is 19.1. The third-order valence-electron chi connectivity index (χ3n) is 4.48. The number of carbonyl (C=O) groups is 2. The Bertz CT molecular complexity index is 744. The van der Waals surface area contributed by atoms with Gasteiger partial charge in [0, 0.05) is 12.1 Å². The Morgan fingerprint density at radius 1 is 0.923 bits per heavy atom. The van der Waals surface area contributed by atoms with Crippen LogP contribution in [0.25, 0.3) is 0 Å². The number of anilines is 1. The molecule has 0 fully saturated rings. The maximum absolute atomic E-state index is 12.1. The van der Waals surface area contributed by atoms with E-state index in [0.717, 1.165) is 22.4 Å². The molecule has 2 rings (SSSR count). The highest BCUT2D eigenvalue weighted by Gasteiger charge is 2.09. The van der Waals surface area contributed by atoms with Gasteiger partial charge in [-0.3, -0.25) is 9.59 Å². The van der Waals surface area contributed by atoms with Crippen LogP contribution in [0.2, 0.25) is 0 Å². The minimum absolute atomic E-state index is 0.0150. The fourth-order valence-corrected chi connectivity index (χ4v) is 2.79.